The van der Waals surface area contributed by atoms with E-state index in [2.05, 4.69) is 54.1 Å². The molecule has 1 aromatic carbocycles. The largest absolute Gasteiger partial charge is 0.358 e. The molecule has 0 saturated heterocycles. The lowest BCUT2D eigenvalue weighted by Crippen LogP contribution is -2.45. The Kier molecular flexibility index (Phi) is 5.76. The van der Waals surface area contributed by atoms with Crippen LogP contribution in [-0.4, -0.2) is 25.5 Å². The first-order valence-electron chi connectivity index (χ1n) is 7.88. The molecule has 0 fully saturated rings. The number of rotatable bonds is 5. The molecule has 4 nitrogen and oxygen atoms in total. The molecule has 0 saturated carbocycles. The maximum Gasteiger partial charge on any atom is 0.236 e. The fourth-order valence-electron chi connectivity index (χ4n) is 2.97. The van der Waals surface area contributed by atoms with Gasteiger partial charge in [-0.2, -0.15) is 0 Å². The van der Waals surface area contributed by atoms with Crippen LogP contribution in [0, 0.1) is 5.92 Å². The SMILES string of the molecule is CNC(=O)C(CC(C)C)NC1CCNCc2ccccc21. The molecule has 3 N–H and O–H groups in total. The Morgan fingerprint density at radius 1 is 1.38 bits per heavy atom. The lowest BCUT2D eigenvalue weighted by Gasteiger charge is -2.26. The molecule has 4 heteroatoms. The predicted octanol–water partition coefficient (Wildman–Crippen LogP) is 1.97. The first-order valence-corrected chi connectivity index (χ1v) is 7.88. The van der Waals surface area contributed by atoms with Crippen LogP contribution in [0.2, 0.25) is 0 Å². The summed E-state index contributed by atoms with van der Waals surface area (Å²) in [7, 11) is 1.71. The highest BCUT2D eigenvalue weighted by atomic mass is 16.2. The third kappa shape index (κ3) is 4.29. The molecule has 116 valence electrons. The van der Waals surface area contributed by atoms with Crippen molar-refractivity contribution in [3.8, 4) is 0 Å². The van der Waals surface area contributed by atoms with Crippen molar-refractivity contribution >= 4 is 5.91 Å². The Morgan fingerprint density at radius 3 is 2.86 bits per heavy atom. The average molecular weight is 289 g/mol. The Labute approximate surface area is 127 Å². The highest BCUT2D eigenvalue weighted by Gasteiger charge is 2.25. The summed E-state index contributed by atoms with van der Waals surface area (Å²) in [6.45, 7) is 6.18. The number of carbonyl (C=O) groups is 1. The molecule has 1 aromatic rings. The number of hydrogen-bond donors (Lipinski definition) is 3. The Bertz CT molecular complexity index is 473. The van der Waals surface area contributed by atoms with E-state index in [1.165, 1.54) is 11.1 Å². The van der Waals surface area contributed by atoms with Crippen LogP contribution in [0.25, 0.3) is 0 Å². The highest BCUT2D eigenvalue weighted by molar-refractivity contribution is 5.81. The molecule has 2 rings (SSSR count). The van der Waals surface area contributed by atoms with Gasteiger partial charge in [0.25, 0.3) is 0 Å². The van der Waals surface area contributed by atoms with Gasteiger partial charge in [-0.3, -0.25) is 10.1 Å². The summed E-state index contributed by atoms with van der Waals surface area (Å²) in [5.41, 5.74) is 2.65. The van der Waals surface area contributed by atoms with E-state index in [1.54, 1.807) is 7.05 Å². The molecule has 0 bridgehead atoms. The predicted molar refractivity (Wildman–Crippen MR) is 86.0 cm³/mol. The molecular formula is C17H27N3O. The van der Waals surface area contributed by atoms with Crippen molar-refractivity contribution in [3.63, 3.8) is 0 Å². The topological polar surface area (TPSA) is 53.2 Å². The number of carbonyl (C=O) groups excluding carboxylic acids is 1. The fraction of sp³-hybridized carbons (Fsp3) is 0.588. The van der Waals surface area contributed by atoms with E-state index in [-0.39, 0.29) is 18.0 Å². The Morgan fingerprint density at radius 2 is 2.14 bits per heavy atom. The normalized spacial score (nSPS) is 19.7. The number of fused-ring (bicyclic) bond motifs is 1. The van der Waals surface area contributed by atoms with E-state index in [4.69, 9.17) is 0 Å². The van der Waals surface area contributed by atoms with Gasteiger partial charge in [0.1, 0.15) is 0 Å². The van der Waals surface area contributed by atoms with Gasteiger partial charge in [0, 0.05) is 19.6 Å². The van der Waals surface area contributed by atoms with E-state index in [0.29, 0.717) is 5.92 Å². The van der Waals surface area contributed by atoms with Gasteiger partial charge in [-0.15, -0.1) is 0 Å². The second-order valence-corrected chi connectivity index (χ2v) is 6.18. The van der Waals surface area contributed by atoms with Crippen molar-refractivity contribution in [1.82, 2.24) is 16.0 Å². The molecule has 1 aliphatic rings. The minimum absolute atomic E-state index is 0.0818. The zero-order valence-electron chi connectivity index (χ0n) is 13.3. The second kappa shape index (κ2) is 7.57. The van der Waals surface area contributed by atoms with Crippen LogP contribution < -0.4 is 16.0 Å². The molecule has 0 spiro atoms. The van der Waals surface area contributed by atoms with Crippen LogP contribution in [0.5, 0.6) is 0 Å². The number of hydrogen-bond acceptors (Lipinski definition) is 3. The highest BCUT2D eigenvalue weighted by Crippen LogP contribution is 2.24. The fourth-order valence-corrected chi connectivity index (χ4v) is 2.97. The lowest BCUT2D eigenvalue weighted by molar-refractivity contribution is -0.123. The summed E-state index contributed by atoms with van der Waals surface area (Å²) in [6, 6.07) is 8.60. The van der Waals surface area contributed by atoms with Crippen molar-refractivity contribution in [2.45, 2.75) is 45.3 Å². The Balaban J connectivity index is 2.17. The second-order valence-electron chi connectivity index (χ2n) is 6.18. The van der Waals surface area contributed by atoms with Crippen molar-refractivity contribution in [3.05, 3.63) is 35.4 Å². The summed E-state index contributed by atoms with van der Waals surface area (Å²) in [6.07, 6.45) is 1.86. The van der Waals surface area contributed by atoms with E-state index in [1.807, 2.05) is 0 Å². The molecule has 0 aromatic heterocycles. The molecule has 1 amide bonds. The number of amides is 1. The molecular weight excluding hydrogens is 262 g/mol. The van der Waals surface area contributed by atoms with E-state index < -0.39 is 0 Å². The van der Waals surface area contributed by atoms with Crippen LogP contribution in [0.4, 0.5) is 0 Å². The summed E-state index contributed by atoms with van der Waals surface area (Å²) in [5, 5.41) is 9.81. The van der Waals surface area contributed by atoms with Gasteiger partial charge >= 0.3 is 0 Å². The molecule has 1 heterocycles. The number of likely N-dealkylation sites (N-methyl/N-ethyl adjacent to an activating group) is 1. The van der Waals surface area contributed by atoms with Crippen LogP contribution in [0.1, 0.15) is 43.9 Å². The molecule has 1 aliphatic heterocycles. The third-order valence-corrected chi connectivity index (χ3v) is 4.03. The van der Waals surface area contributed by atoms with E-state index in [0.717, 1.165) is 25.9 Å². The summed E-state index contributed by atoms with van der Waals surface area (Å²) in [4.78, 5) is 12.1. The smallest absolute Gasteiger partial charge is 0.236 e. The van der Waals surface area contributed by atoms with Crippen molar-refractivity contribution in [2.75, 3.05) is 13.6 Å². The molecule has 0 aliphatic carbocycles. The average Bonchev–Trinajstić information content (AvgIpc) is 2.68. The molecule has 0 radical (unpaired) electrons. The summed E-state index contributed by atoms with van der Waals surface area (Å²) >= 11 is 0. The van der Waals surface area contributed by atoms with E-state index in [9.17, 15) is 4.79 Å². The number of nitrogens with one attached hydrogen (secondary N) is 3. The standard InChI is InChI=1S/C17H27N3O/c1-12(2)10-16(17(21)18-3)20-15-8-9-19-11-13-6-4-5-7-14(13)15/h4-7,12,15-16,19-20H,8-11H2,1-3H3,(H,18,21). The van der Waals surface area contributed by atoms with Gasteiger partial charge in [0.05, 0.1) is 6.04 Å². The van der Waals surface area contributed by atoms with Gasteiger partial charge < -0.3 is 10.6 Å². The van der Waals surface area contributed by atoms with E-state index >= 15 is 0 Å². The molecule has 2 atom stereocenters. The van der Waals surface area contributed by atoms with Crippen LogP contribution in [0.15, 0.2) is 24.3 Å². The minimum atomic E-state index is -0.133. The first-order chi connectivity index (χ1) is 10.1. The van der Waals surface area contributed by atoms with Crippen molar-refractivity contribution in [2.24, 2.45) is 5.92 Å². The quantitative estimate of drug-likeness (QED) is 0.777. The van der Waals surface area contributed by atoms with Crippen molar-refractivity contribution < 1.29 is 4.79 Å². The van der Waals surface area contributed by atoms with Gasteiger partial charge in [-0.1, -0.05) is 38.1 Å². The van der Waals surface area contributed by atoms with Gasteiger partial charge in [-0.25, -0.2) is 0 Å². The summed E-state index contributed by atoms with van der Waals surface area (Å²) < 4.78 is 0. The zero-order chi connectivity index (χ0) is 15.2. The van der Waals surface area contributed by atoms with Crippen LogP contribution in [-0.2, 0) is 11.3 Å². The van der Waals surface area contributed by atoms with Gasteiger partial charge in [0.15, 0.2) is 0 Å². The van der Waals surface area contributed by atoms with Gasteiger partial charge in [0.2, 0.25) is 5.91 Å². The molecule has 2 unspecified atom stereocenters. The minimum Gasteiger partial charge on any atom is -0.358 e. The lowest BCUT2D eigenvalue weighted by atomic mass is 9.96. The number of benzene rings is 1. The van der Waals surface area contributed by atoms with Crippen LogP contribution >= 0.6 is 0 Å². The first kappa shape index (κ1) is 16.0. The Hall–Kier alpha value is -1.39. The zero-order valence-corrected chi connectivity index (χ0v) is 13.3. The maximum absolute atomic E-state index is 12.1. The summed E-state index contributed by atoms with van der Waals surface area (Å²) in [5.74, 6) is 0.567. The molecule has 21 heavy (non-hydrogen) atoms. The van der Waals surface area contributed by atoms with Gasteiger partial charge in [-0.05, 0) is 36.4 Å². The van der Waals surface area contributed by atoms with Crippen molar-refractivity contribution in [1.29, 1.82) is 0 Å². The third-order valence-electron chi connectivity index (χ3n) is 4.03. The van der Waals surface area contributed by atoms with Crippen LogP contribution in [0.3, 0.4) is 0 Å². The monoisotopic (exact) mass is 289 g/mol. The maximum atomic E-state index is 12.1.